The van der Waals surface area contributed by atoms with Gasteiger partial charge in [-0.3, -0.25) is 14.6 Å². The lowest BCUT2D eigenvalue weighted by Crippen LogP contribution is -2.55. The highest BCUT2D eigenvalue weighted by Crippen LogP contribution is 2.38. The average Bonchev–Trinajstić information content (AvgIpc) is 3.64. The summed E-state index contributed by atoms with van der Waals surface area (Å²) >= 11 is 0. The maximum absolute atomic E-state index is 13.7. The zero-order valence-corrected chi connectivity index (χ0v) is 35.2. The number of ether oxygens (including phenoxy) is 2. The van der Waals surface area contributed by atoms with Crippen LogP contribution in [-0.4, -0.2) is 109 Å². The quantitative estimate of drug-likeness (QED) is 0.192. The monoisotopic (exact) mass is 846 g/mol. The molecule has 3 aliphatic heterocycles. The van der Waals surface area contributed by atoms with Crippen molar-refractivity contribution >= 4 is 46.7 Å². The predicted molar refractivity (Wildman–Crippen MR) is 226 cm³/mol. The summed E-state index contributed by atoms with van der Waals surface area (Å²) in [6, 6.07) is 13.4. The molecule has 1 aromatic heterocycles. The molecule has 3 aromatic rings. The molecule has 4 heterocycles. The number of piperazine rings is 1. The molecule has 4 atom stereocenters. The summed E-state index contributed by atoms with van der Waals surface area (Å²) < 4.78 is 50.4. The van der Waals surface area contributed by atoms with Gasteiger partial charge in [0, 0.05) is 74.7 Å². The highest BCUT2D eigenvalue weighted by molar-refractivity contribution is 6.04. The van der Waals surface area contributed by atoms with Crippen LogP contribution in [0, 0.1) is 11.8 Å². The number of benzene rings is 2. The fourth-order valence-electron chi connectivity index (χ4n) is 8.16. The van der Waals surface area contributed by atoms with E-state index in [0.29, 0.717) is 44.0 Å². The van der Waals surface area contributed by atoms with Crippen molar-refractivity contribution in [3.05, 3.63) is 78.1 Å². The third-order valence-electron chi connectivity index (χ3n) is 11.5. The fraction of sp³-hybridized carbons (Fsp3) is 0.455. The van der Waals surface area contributed by atoms with E-state index in [-0.39, 0.29) is 52.7 Å². The average molecular weight is 847 g/mol. The van der Waals surface area contributed by atoms with Crippen molar-refractivity contribution < 1.29 is 41.8 Å². The van der Waals surface area contributed by atoms with Gasteiger partial charge in [-0.25, -0.2) is 14.6 Å². The maximum atomic E-state index is 13.7. The molecule has 61 heavy (non-hydrogen) atoms. The number of allylic oxidation sites excluding steroid dienone is 1. The van der Waals surface area contributed by atoms with Gasteiger partial charge in [0.1, 0.15) is 17.6 Å². The van der Waals surface area contributed by atoms with Gasteiger partial charge < -0.3 is 40.1 Å². The molecule has 326 valence electrons. The van der Waals surface area contributed by atoms with Gasteiger partial charge in [-0.15, -0.1) is 13.2 Å². The minimum absolute atomic E-state index is 0.0169. The molecule has 17 heteroatoms. The van der Waals surface area contributed by atoms with Crippen LogP contribution in [0.1, 0.15) is 69.3 Å². The zero-order valence-electron chi connectivity index (χ0n) is 35.2. The normalized spacial score (nSPS) is 20.0. The van der Waals surface area contributed by atoms with Crippen molar-refractivity contribution in [3.63, 3.8) is 0 Å². The van der Waals surface area contributed by atoms with Gasteiger partial charge in [0.05, 0.1) is 18.7 Å². The molecule has 0 saturated carbocycles. The first-order valence-electron chi connectivity index (χ1n) is 20.5. The van der Waals surface area contributed by atoms with Crippen LogP contribution >= 0.6 is 0 Å². The van der Waals surface area contributed by atoms with Crippen LogP contribution in [0.4, 0.5) is 34.3 Å². The molecule has 0 radical (unpaired) electrons. The number of nitrogens with zero attached hydrogens (tertiary/aromatic N) is 5. The Morgan fingerprint density at radius 2 is 1.67 bits per heavy atom. The third-order valence-corrected chi connectivity index (χ3v) is 11.5. The number of amides is 5. The molecule has 6 rings (SSSR count). The second-order valence-electron chi connectivity index (χ2n) is 15.9. The maximum Gasteiger partial charge on any atom is 0.573 e. The molecule has 3 N–H and O–H groups in total. The Kier molecular flexibility index (Phi) is 13.9. The van der Waals surface area contributed by atoms with Gasteiger partial charge in [0.2, 0.25) is 5.91 Å². The van der Waals surface area contributed by atoms with Crippen LogP contribution < -0.4 is 25.6 Å². The van der Waals surface area contributed by atoms with E-state index < -0.39 is 30.2 Å². The zero-order chi connectivity index (χ0) is 44.0. The highest BCUT2D eigenvalue weighted by atomic mass is 19.4. The number of aliphatic imine (C=N–C) groups is 1. The van der Waals surface area contributed by atoms with Crippen LogP contribution in [-0.2, 0) is 9.53 Å². The van der Waals surface area contributed by atoms with Crippen molar-refractivity contribution in [1.82, 2.24) is 25.4 Å². The Bertz CT molecular complexity index is 2140. The summed E-state index contributed by atoms with van der Waals surface area (Å²) in [5.74, 6) is -0.663. The third kappa shape index (κ3) is 10.6. The molecule has 3 aliphatic rings. The Morgan fingerprint density at radius 3 is 2.31 bits per heavy atom. The number of alkyl halides is 3. The van der Waals surface area contributed by atoms with Gasteiger partial charge >= 0.3 is 18.5 Å². The minimum Gasteiger partial charge on any atom is -0.453 e. The number of urea groups is 1. The number of hydrogen-bond acceptors (Lipinski definition) is 9. The number of likely N-dealkylation sites (tertiary alicyclic amines) is 1. The number of alkyl carbamates (subject to hydrolysis) is 1. The van der Waals surface area contributed by atoms with Crippen LogP contribution in [0.3, 0.4) is 0 Å². The summed E-state index contributed by atoms with van der Waals surface area (Å²) in [7, 11) is 2.85. The molecular formula is C44H53F3N8O6. The number of rotatable bonds is 10. The number of carbonyl (C=O) groups excluding carboxylic acids is 4. The number of anilines is 2. The lowest BCUT2D eigenvalue weighted by atomic mass is 9.90. The molecule has 0 spiro atoms. The summed E-state index contributed by atoms with van der Waals surface area (Å²) in [4.78, 5) is 66.0. The van der Waals surface area contributed by atoms with E-state index in [9.17, 15) is 32.3 Å². The topological polar surface area (TPSA) is 158 Å². The first-order chi connectivity index (χ1) is 29.1. The second-order valence-corrected chi connectivity index (χ2v) is 15.9. The number of methoxy groups -OCH3 is 1. The molecule has 0 aliphatic carbocycles. The van der Waals surface area contributed by atoms with Gasteiger partial charge in [-0.05, 0) is 85.4 Å². The SMILES string of the molecule is CNC(=O)N1CCN(c2ccc(C(=O)Nc3ccc(-c4ccc(C5=CN=C(C6CCCN6C(=O)C(NC(=O)OC)C(C)C)C(C)CC5)cc4)c(OC(F)(F)F)c3)cn2)C(C)C1. The number of pyridine rings is 1. The summed E-state index contributed by atoms with van der Waals surface area (Å²) in [6.07, 6.45) is 0.591. The molecule has 5 amide bonds. The molecule has 0 bridgehead atoms. The first kappa shape index (κ1) is 44.4. The van der Waals surface area contributed by atoms with E-state index in [0.717, 1.165) is 42.2 Å². The second kappa shape index (κ2) is 19.1. The van der Waals surface area contributed by atoms with E-state index >= 15 is 0 Å². The molecular weight excluding hydrogens is 794 g/mol. The van der Waals surface area contributed by atoms with Gasteiger partial charge in [0.25, 0.3) is 5.91 Å². The van der Waals surface area contributed by atoms with E-state index in [4.69, 9.17) is 9.73 Å². The minimum atomic E-state index is -5.00. The number of nitrogens with one attached hydrogen (secondary N) is 3. The van der Waals surface area contributed by atoms with Gasteiger partial charge in [-0.2, -0.15) is 0 Å². The predicted octanol–water partition coefficient (Wildman–Crippen LogP) is 7.33. The van der Waals surface area contributed by atoms with Gasteiger partial charge in [0.15, 0.2) is 0 Å². The van der Waals surface area contributed by atoms with Gasteiger partial charge in [-0.1, -0.05) is 45.0 Å². The van der Waals surface area contributed by atoms with Crippen LogP contribution in [0.25, 0.3) is 16.7 Å². The van der Waals surface area contributed by atoms with E-state index in [1.165, 1.54) is 25.4 Å². The number of aromatic nitrogens is 1. The standard InChI is InChI=1S/C44H53F3N8O6/c1-26(2)38(52-43(59)60-6)41(57)55-19-7-8-35(55)39-27(3)9-10-31(23-50-39)29-11-13-30(14-12-29)34-17-16-33(22-36(34)61-44(45,46)47)51-40(56)32-15-18-37(49-24-32)54-21-20-53(25-28(54)4)42(58)48-5/h11-18,22-24,26-28,35,38H,7-10,19-21,25H2,1-6H3,(H,48,58)(H,51,56)(H,52,59). The Morgan fingerprint density at radius 1 is 0.934 bits per heavy atom. The van der Waals surface area contributed by atoms with E-state index in [1.807, 2.05) is 48.9 Å². The van der Waals surface area contributed by atoms with Crippen molar-refractivity contribution in [2.45, 2.75) is 77.9 Å². The van der Waals surface area contributed by atoms with E-state index in [1.54, 1.807) is 36.2 Å². The lowest BCUT2D eigenvalue weighted by Gasteiger charge is -2.40. The number of carbonyl (C=O) groups is 4. The van der Waals surface area contributed by atoms with Crippen molar-refractivity contribution in [2.24, 2.45) is 16.8 Å². The molecule has 2 fully saturated rings. The van der Waals surface area contributed by atoms with Crippen molar-refractivity contribution in [3.8, 4) is 16.9 Å². The van der Waals surface area contributed by atoms with Crippen LogP contribution in [0.15, 0.2) is 72.0 Å². The molecule has 2 saturated heterocycles. The summed E-state index contributed by atoms with van der Waals surface area (Å²) in [5.41, 5.74) is 3.65. The molecule has 14 nitrogen and oxygen atoms in total. The first-order valence-corrected chi connectivity index (χ1v) is 20.5. The van der Waals surface area contributed by atoms with Crippen LogP contribution in [0.2, 0.25) is 0 Å². The van der Waals surface area contributed by atoms with E-state index in [2.05, 4.69) is 32.6 Å². The Labute approximate surface area is 353 Å². The largest absolute Gasteiger partial charge is 0.573 e. The number of halogens is 3. The van der Waals surface area contributed by atoms with Crippen LogP contribution in [0.5, 0.6) is 5.75 Å². The molecule has 2 aromatic carbocycles. The summed E-state index contributed by atoms with van der Waals surface area (Å²) in [6.45, 7) is 9.94. The Balaban J connectivity index is 1.16. The molecule has 4 unspecified atom stereocenters. The smallest absolute Gasteiger partial charge is 0.453 e. The van der Waals surface area contributed by atoms with Crippen molar-refractivity contribution in [2.75, 3.05) is 50.6 Å². The Hall–Kier alpha value is -6.13. The summed E-state index contributed by atoms with van der Waals surface area (Å²) in [5, 5.41) is 7.97. The fourth-order valence-corrected chi connectivity index (χ4v) is 8.16. The number of hydrogen-bond donors (Lipinski definition) is 3. The highest BCUT2D eigenvalue weighted by Gasteiger charge is 2.39. The van der Waals surface area contributed by atoms with Crippen molar-refractivity contribution in [1.29, 1.82) is 0 Å². The lowest BCUT2D eigenvalue weighted by molar-refractivity contribution is -0.274.